The molecule has 3 aromatic rings. The van der Waals surface area contributed by atoms with Crippen LogP contribution in [0.15, 0.2) is 91.0 Å². The normalized spacial score (nSPS) is 29.1. The average molecular weight is 449 g/mol. The Kier molecular flexibility index (Phi) is 6.36. The standard InChI is InChI=1S/C27H28O6/c28-19-25(16-20-10-4-1-5-11-20)27(32,18-22-14-8-3-9-15-22)26(31,23(33-25)24(29)30)17-21-12-6-2-7-13-21/h1-15,23,28,31-32H,16-19H2,(H,29,30)/t23-,25+,26+,27+/m0/s1. The van der Waals surface area contributed by atoms with Gasteiger partial charge in [-0.2, -0.15) is 0 Å². The predicted molar refractivity (Wildman–Crippen MR) is 123 cm³/mol. The van der Waals surface area contributed by atoms with Crippen LogP contribution in [-0.2, 0) is 28.8 Å². The van der Waals surface area contributed by atoms with Gasteiger partial charge in [-0.15, -0.1) is 0 Å². The van der Waals surface area contributed by atoms with Crippen molar-refractivity contribution in [3.63, 3.8) is 0 Å². The summed E-state index contributed by atoms with van der Waals surface area (Å²) in [5, 5.41) is 45.0. The van der Waals surface area contributed by atoms with E-state index in [4.69, 9.17) is 4.74 Å². The predicted octanol–water partition coefficient (Wildman–Crippen LogP) is 2.39. The number of benzene rings is 3. The van der Waals surface area contributed by atoms with Crippen molar-refractivity contribution < 1.29 is 30.0 Å². The zero-order chi connectivity index (χ0) is 23.5. The van der Waals surface area contributed by atoms with Gasteiger partial charge in [0.05, 0.1) is 6.61 Å². The molecule has 1 aliphatic heterocycles. The Morgan fingerprint density at radius 1 is 0.727 bits per heavy atom. The van der Waals surface area contributed by atoms with Gasteiger partial charge >= 0.3 is 5.97 Å². The maximum atomic E-state index is 12.3. The molecule has 0 radical (unpaired) electrons. The van der Waals surface area contributed by atoms with E-state index >= 15 is 0 Å². The topological polar surface area (TPSA) is 107 Å². The molecule has 6 nitrogen and oxygen atoms in total. The number of hydrogen-bond acceptors (Lipinski definition) is 5. The van der Waals surface area contributed by atoms with Crippen molar-refractivity contribution >= 4 is 5.97 Å². The number of carboxylic acids is 1. The summed E-state index contributed by atoms with van der Waals surface area (Å²) in [6.07, 6.45) is -1.99. The van der Waals surface area contributed by atoms with E-state index in [1.165, 1.54) is 0 Å². The molecule has 1 heterocycles. The summed E-state index contributed by atoms with van der Waals surface area (Å²) in [5.74, 6) is -1.40. The number of hydrogen-bond donors (Lipinski definition) is 4. The molecule has 0 spiro atoms. The zero-order valence-corrected chi connectivity index (χ0v) is 18.2. The van der Waals surface area contributed by atoms with Gasteiger partial charge in [-0.25, -0.2) is 4.79 Å². The van der Waals surface area contributed by atoms with Crippen molar-refractivity contribution in [2.24, 2.45) is 0 Å². The summed E-state index contributed by atoms with van der Waals surface area (Å²) >= 11 is 0. The van der Waals surface area contributed by atoms with Crippen molar-refractivity contribution in [1.29, 1.82) is 0 Å². The van der Waals surface area contributed by atoms with Crippen LogP contribution >= 0.6 is 0 Å². The highest BCUT2D eigenvalue weighted by molar-refractivity contribution is 5.76. The molecule has 3 aromatic carbocycles. The summed E-state index contributed by atoms with van der Waals surface area (Å²) in [6, 6.07) is 27.0. The largest absolute Gasteiger partial charge is 0.479 e. The van der Waals surface area contributed by atoms with E-state index in [-0.39, 0.29) is 19.3 Å². The maximum Gasteiger partial charge on any atom is 0.336 e. The van der Waals surface area contributed by atoms with Crippen molar-refractivity contribution in [2.75, 3.05) is 6.61 Å². The van der Waals surface area contributed by atoms with Gasteiger partial charge in [-0.05, 0) is 16.7 Å². The number of rotatable bonds is 8. The molecule has 0 bridgehead atoms. The SMILES string of the molecule is O=C(O)[C@@H]1O[C@@](CO)(Cc2ccccc2)[C@](O)(Cc2ccccc2)[C@@]1(O)Cc1ccccc1. The summed E-state index contributed by atoms with van der Waals surface area (Å²) in [4.78, 5) is 12.3. The third-order valence-electron chi connectivity index (χ3n) is 6.68. The number of carbonyl (C=O) groups is 1. The van der Waals surface area contributed by atoms with Crippen LogP contribution in [0.4, 0.5) is 0 Å². The van der Waals surface area contributed by atoms with Crippen LogP contribution < -0.4 is 0 Å². The fraction of sp³-hybridized carbons (Fsp3) is 0.296. The van der Waals surface area contributed by atoms with E-state index < -0.39 is 35.5 Å². The molecule has 0 unspecified atom stereocenters. The third kappa shape index (κ3) is 4.07. The van der Waals surface area contributed by atoms with Crippen LogP contribution in [0, 0.1) is 0 Å². The maximum absolute atomic E-state index is 12.3. The van der Waals surface area contributed by atoms with Gasteiger partial charge in [-0.3, -0.25) is 0 Å². The van der Waals surface area contributed by atoms with Gasteiger partial charge in [0.2, 0.25) is 0 Å². The highest BCUT2D eigenvalue weighted by Gasteiger charge is 2.74. The first-order valence-electron chi connectivity index (χ1n) is 10.9. The smallest absolute Gasteiger partial charge is 0.336 e. The Morgan fingerprint density at radius 2 is 1.15 bits per heavy atom. The Balaban J connectivity index is 1.88. The first-order chi connectivity index (χ1) is 15.8. The summed E-state index contributed by atoms with van der Waals surface area (Å²) in [7, 11) is 0. The molecule has 172 valence electrons. The Hall–Kier alpha value is -3.03. The van der Waals surface area contributed by atoms with Gasteiger partial charge in [0.15, 0.2) is 6.10 Å². The Labute approximate surface area is 192 Å². The molecular formula is C27H28O6. The molecule has 4 N–H and O–H groups in total. The molecule has 1 aliphatic rings. The lowest BCUT2D eigenvalue weighted by molar-refractivity contribution is -0.184. The molecule has 0 amide bonds. The first-order valence-corrected chi connectivity index (χ1v) is 10.9. The Morgan fingerprint density at radius 3 is 1.58 bits per heavy atom. The van der Waals surface area contributed by atoms with Crippen LogP contribution in [0.2, 0.25) is 0 Å². The lowest BCUT2D eigenvalue weighted by Crippen LogP contribution is -2.68. The number of aliphatic carboxylic acids is 1. The first kappa shape index (κ1) is 23.1. The molecular weight excluding hydrogens is 420 g/mol. The van der Waals surface area contributed by atoms with Crippen LogP contribution in [0.5, 0.6) is 0 Å². The molecule has 6 heteroatoms. The van der Waals surface area contributed by atoms with Crippen molar-refractivity contribution in [1.82, 2.24) is 0 Å². The van der Waals surface area contributed by atoms with Crippen molar-refractivity contribution in [3.05, 3.63) is 108 Å². The number of carboxylic acid groups (broad SMARTS) is 1. The molecule has 1 saturated heterocycles. The van der Waals surface area contributed by atoms with Gasteiger partial charge in [0.25, 0.3) is 0 Å². The molecule has 4 rings (SSSR count). The minimum absolute atomic E-state index is 0.0224. The highest BCUT2D eigenvalue weighted by Crippen LogP contribution is 2.51. The van der Waals surface area contributed by atoms with Crippen LogP contribution in [0.25, 0.3) is 0 Å². The lowest BCUT2D eigenvalue weighted by Gasteiger charge is -2.46. The van der Waals surface area contributed by atoms with E-state index in [0.717, 1.165) is 5.56 Å². The number of aliphatic hydroxyl groups is 3. The molecule has 0 aromatic heterocycles. The quantitative estimate of drug-likeness (QED) is 0.422. The average Bonchev–Trinajstić information content (AvgIpc) is 3.00. The molecule has 0 saturated carbocycles. The van der Waals surface area contributed by atoms with E-state index in [1.807, 2.05) is 42.5 Å². The van der Waals surface area contributed by atoms with Gasteiger partial charge in [-0.1, -0.05) is 91.0 Å². The van der Waals surface area contributed by atoms with Gasteiger partial charge in [0.1, 0.15) is 16.8 Å². The second-order valence-electron chi connectivity index (χ2n) is 8.76. The lowest BCUT2D eigenvalue weighted by atomic mass is 9.65. The summed E-state index contributed by atoms with van der Waals surface area (Å²) in [5.41, 5.74) is -4.01. The molecule has 4 atom stereocenters. The van der Waals surface area contributed by atoms with Crippen molar-refractivity contribution in [3.8, 4) is 0 Å². The fourth-order valence-corrected chi connectivity index (χ4v) is 4.98. The van der Waals surface area contributed by atoms with E-state index in [0.29, 0.717) is 11.1 Å². The third-order valence-corrected chi connectivity index (χ3v) is 6.68. The zero-order valence-electron chi connectivity index (χ0n) is 18.2. The number of ether oxygens (including phenoxy) is 1. The second kappa shape index (κ2) is 9.08. The monoisotopic (exact) mass is 448 g/mol. The molecule has 0 aliphatic carbocycles. The van der Waals surface area contributed by atoms with Crippen LogP contribution in [-0.4, -0.2) is 55.9 Å². The number of aliphatic hydroxyl groups excluding tert-OH is 1. The summed E-state index contributed by atoms with van der Waals surface area (Å²) < 4.78 is 5.99. The molecule has 33 heavy (non-hydrogen) atoms. The molecule has 1 fully saturated rings. The summed E-state index contributed by atoms with van der Waals surface area (Å²) in [6.45, 7) is -0.674. The minimum atomic E-state index is -2.21. The van der Waals surface area contributed by atoms with Crippen LogP contribution in [0.3, 0.4) is 0 Å². The van der Waals surface area contributed by atoms with Gasteiger partial charge < -0.3 is 25.2 Å². The van der Waals surface area contributed by atoms with Gasteiger partial charge in [0, 0.05) is 19.3 Å². The fourth-order valence-electron chi connectivity index (χ4n) is 4.98. The minimum Gasteiger partial charge on any atom is -0.479 e. The highest BCUT2D eigenvalue weighted by atomic mass is 16.6. The van der Waals surface area contributed by atoms with E-state index in [9.17, 15) is 25.2 Å². The second-order valence-corrected chi connectivity index (χ2v) is 8.76. The Bertz CT molecular complexity index is 1070. The van der Waals surface area contributed by atoms with E-state index in [1.54, 1.807) is 48.5 Å². The van der Waals surface area contributed by atoms with Crippen molar-refractivity contribution in [2.45, 2.75) is 42.2 Å². The van der Waals surface area contributed by atoms with E-state index in [2.05, 4.69) is 0 Å². The van der Waals surface area contributed by atoms with Crippen LogP contribution in [0.1, 0.15) is 16.7 Å².